The molecule has 0 N–H and O–H groups in total. The molecule has 0 aliphatic heterocycles. The van der Waals surface area contributed by atoms with Gasteiger partial charge in [-0.05, 0) is 44.0 Å². The average molecular weight is 274 g/mol. The lowest BCUT2D eigenvalue weighted by Gasteiger charge is -2.15. The lowest BCUT2D eigenvalue weighted by atomic mass is 10.3. The molecular weight excluding hydrogens is 254 g/mol. The number of ether oxygens (including phenoxy) is 1. The van der Waals surface area contributed by atoms with Gasteiger partial charge in [-0.3, -0.25) is 0 Å². The Kier molecular flexibility index (Phi) is 7.49. The highest BCUT2D eigenvalue weighted by atomic mass is 35.5. The van der Waals surface area contributed by atoms with Crippen molar-refractivity contribution >= 4 is 23.4 Å². The first-order valence-corrected chi connectivity index (χ1v) is 7.55. The number of hydrogen-bond donors (Lipinski definition) is 0. The molecule has 0 radical (unpaired) electrons. The first-order valence-electron chi connectivity index (χ1n) is 5.78. The Morgan fingerprint density at radius 1 is 1.24 bits per heavy atom. The highest BCUT2D eigenvalue weighted by Crippen LogP contribution is 2.15. The third kappa shape index (κ3) is 6.81. The normalized spacial score (nSPS) is 10.8. The van der Waals surface area contributed by atoms with Gasteiger partial charge in [-0.15, -0.1) is 0 Å². The molecule has 0 heterocycles. The third-order valence-electron chi connectivity index (χ3n) is 2.44. The van der Waals surface area contributed by atoms with Crippen LogP contribution in [-0.4, -0.2) is 43.7 Å². The number of hydrogen-bond acceptors (Lipinski definition) is 3. The zero-order valence-corrected chi connectivity index (χ0v) is 12.1. The van der Waals surface area contributed by atoms with Gasteiger partial charge in [0, 0.05) is 23.9 Å². The number of halogens is 1. The maximum absolute atomic E-state index is 5.80. The van der Waals surface area contributed by atoms with E-state index in [4.69, 9.17) is 16.3 Å². The van der Waals surface area contributed by atoms with Crippen LogP contribution in [0.2, 0.25) is 5.02 Å². The van der Waals surface area contributed by atoms with E-state index in [-0.39, 0.29) is 0 Å². The molecule has 1 aromatic carbocycles. The monoisotopic (exact) mass is 273 g/mol. The van der Waals surface area contributed by atoms with Gasteiger partial charge >= 0.3 is 0 Å². The van der Waals surface area contributed by atoms with Crippen LogP contribution in [-0.2, 0) is 0 Å². The van der Waals surface area contributed by atoms with Gasteiger partial charge in [0.05, 0.1) is 6.61 Å². The van der Waals surface area contributed by atoms with E-state index in [1.807, 2.05) is 36.0 Å². The lowest BCUT2D eigenvalue weighted by Crippen LogP contribution is -2.23. The highest BCUT2D eigenvalue weighted by Gasteiger charge is 1.98. The molecule has 0 saturated carbocycles. The van der Waals surface area contributed by atoms with E-state index in [0.29, 0.717) is 0 Å². The largest absolute Gasteiger partial charge is 0.494 e. The van der Waals surface area contributed by atoms with E-state index in [1.165, 1.54) is 5.75 Å². The second-order valence-electron chi connectivity index (χ2n) is 3.95. The van der Waals surface area contributed by atoms with Crippen LogP contribution < -0.4 is 4.74 Å². The predicted molar refractivity (Wildman–Crippen MR) is 77.4 cm³/mol. The second kappa shape index (κ2) is 8.67. The molecule has 0 atom stereocenters. The Hall–Kier alpha value is -0.380. The van der Waals surface area contributed by atoms with Crippen LogP contribution in [0.25, 0.3) is 0 Å². The van der Waals surface area contributed by atoms with Gasteiger partial charge in [-0.25, -0.2) is 0 Å². The summed E-state index contributed by atoms with van der Waals surface area (Å²) in [6.07, 6.45) is 3.19. The fraction of sp³-hybridized carbons (Fsp3) is 0.538. The van der Waals surface area contributed by atoms with E-state index in [0.717, 1.165) is 36.9 Å². The lowest BCUT2D eigenvalue weighted by molar-refractivity contribution is 0.269. The minimum Gasteiger partial charge on any atom is -0.494 e. The SMILES string of the molecule is CSCCN(C)CCCOc1ccc(Cl)cc1. The van der Waals surface area contributed by atoms with E-state index in [9.17, 15) is 0 Å². The van der Waals surface area contributed by atoms with Crippen molar-refractivity contribution in [2.24, 2.45) is 0 Å². The predicted octanol–water partition coefficient (Wildman–Crippen LogP) is 3.40. The Bertz CT molecular complexity index is 305. The van der Waals surface area contributed by atoms with E-state index >= 15 is 0 Å². The third-order valence-corrected chi connectivity index (χ3v) is 3.29. The topological polar surface area (TPSA) is 12.5 Å². The van der Waals surface area contributed by atoms with Gasteiger partial charge in [0.1, 0.15) is 5.75 Å². The number of thioether (sulfide) groups is 1. The van der Waals surface area contributed by atoms with Crippen molar-refractivity contribution in [3.05, 3.63) is 29.3 Å². The second-order valence-corrected chi connectivity index (χ2v) is 5.37. The molecule has 0 aromatic heterocycles. The van der Waals surface area contributed by atoms with Gasteiger partial charge in [-0.2, -0.15) is 11.8 Å². The summed E-state index contributed by atoms with van der Waals surface area (Å²) in [4.78, 5) is 2.34. The molecule has 0 aliphatic rings. The standard InChI is InChI=1S/C13H20ClNOS/c1-15(9-11-17-2)8-3-10-16-13-6-4-12(14)5-7-13/h4-7H,3,8-11H2,1-2H3. The molecule has 1 rings (SSSR count). The number of rotatable bonds is 8. The van der Waals surface area contributed by atoms with Crippen LogP contribution in [0, 0.1) is 0 Å². The highest BCUT2D eigenvalue weighted by molar-refractivity contribution is 7.98. The van der Waals surface area contributed by atoms with Gasteiger partial charge in [-0.1, -0.05) is 11.6 Å². The van der Waals surface area contributed by atoms with Crippen LogP contribution in [0.15, 0.2) is 24.3 Å². The van der Waals surface area contributed by atoms with Crippen molar-refractivity contribution in [1.29, 1.82) is 0 Å². The van der Waals surface area contributed by atoms with E-state index < -0.39 is 0 Å². The summed E-state index contributed by atoms with van der Waals surface area (Å²) in [7, 11) is 2.15. The van der Waals surface area contributed by atoms with Crippen LogP contribution in [0.1, 0.15) is 6.42 Å². The van der Waals surface area contributed by atoms with Gasteiger partial charge in [0.2, 0.25) is 0 Å². The van der Waals surface area contributed by atoms with Crippen molar-refractivity contribution in [2.75, 3.05) is 38.8 Å². The van der Waals surface area contributed by atoms with Crippen LogP contribution in [0.4, 0.5) is 0 Å². The molecule has 96 valence electrons. The van der Waals surface area contributed by atoms with Crippen molar-refractivity contribution in [1.82, 2.24) is 4.90 Å². The fourth-order valence-corrected chi connectivity index (χ4v) is 2.03. The van der Waals surface area contributed by atoms with E-state index in [1.54, 1.807) is 0 Å². The molecule has 0 aliphatic carbocycles. The van der Waals surface area contributed by atoms with Gasteiger partial charge in [0.15, 0.2) is 0 Å². The summed E-state index contributed by atoms with van der Waals surface area (Å²) >= 11 is 7.68. The smallest absolute Gasteiger partial charge is 0.119 e. The van der Waals surface area contributed by atoms with Crippen LogP contribution >= 0.6 is 23.4 Å². The van der Waals surface area contributed by atoms with Crippen molar-refractivity contribution in [3.8, 4) is 5.75 Å². The maximum Gasteiger partial charge on any atom is 0.119 e. The maximum atomic E-state index is 5.80. The van der Waals surface area contributed by atoms with Crippen molar-refractivity contribution < 1.29 is 4.74 Å². The summed E-state index contributed by atoms with van der Waals surface area (Å²) in [5, 5.41) is 0.745. The molecular formula is C13H20ClNOS. The molecule has 0 unspecified atom stereocenters. The summed E-state index contributed by atoms with van der Waals surface area (Å²) in [5.41, 5.74) is 0. The minimum atomic E-state index is 0.745. The Labute approximate surface area is 113 Å². The average Bonchev–Trinajstić information content (AvgIpc) is 2.34. The molecule has 0 bridgehead atoms. The van der Waals surface area contributed by atoms with Crippen molar-refractivity contribution in [2.45, 2.75) is 6.42 Å². The minimum absolute atomic E-state index is 0.745. The summed E-state index contributed by atoms with van der Waals surface area (Å²) in [6.45, 7) is 2.97. The molecule has 0 fully saturated rings. The zero-order valence-electron chi connectivity index (χ0n) is 10.5. The number of benzene rings is 1. The van der Waals surface area contributed by atoms with Gasteiger partial charge < -0.3 is 9.64 Å². The summed E-state index contributed by atoms with van der Waals surface area (Å²) < 4.78 is 5.63. The molecule has 0 spiro atoms. The first kappa shape index (κ1) is 14.7. The van der Waals surface area contributed by atoms with Crippen LogP contribution in [0.3, 0.4) is 0 Å². The molecule has 4 heteroatoms. The Morgan fingerprint density at radius 3 is 2.59 bits per heavy atom. The Morgan fingerprint density at radius 2 is 1.94 bits per heavy atom. The molecule has 0 saturated heterocycles. The quantitative estimate of drug-likeness (QED) is 0.674. The molecule has 2 nitrogen and oxygen atoms in total. The fourth-order valence-electron chi connectivity index (χ4n) is 1.41. The Balaban J connectivity index is 2.09. The van der Waals surface area contributed by atoms with Gasteiger partial charge in [0.25, 0.3) is 0 Å². The first-order chi connectivity index (χ1) is 8.22. The summed E-state index contributed by atoms with van der Waals surface area (Å²) in [5.74, 6) is 2.08. The van der Waals surface area contributed by atoms with Crippen LogP contribution in [0.5, 0.6) is 5.75 Å². The number of nitrogens with zero attached hydrogens (tertiary/aromatic N) is 1. The van der Waals surface area contributed by atoms with E-state index in [2.05, 4.69) is 18.2 Å². The molecule has 17 heavy (non-hydrogen) atoms. The molecule has 0 amide bonds. The summed E-state index contributed by atoms with van der Waals surface area (Å²) in [6, 6.07) is 7.50. The van der Waals surface area contributed by atoms with Crippen molar-refractivity contribution in [3.63, 3.8) is 0 Å². The zero-order chi connectivity index (χ0) is 12.5. The molecule has 1 aromatic rings.